The number of carbonyl (C=O) groups excluding carboxylic acids is 3. The third kappa shape index (κ3) is 5.42. The van der Waals surface area contributed by atoms with Crippen molar-refractivity contribution in [3.8, 4) is 0 Å². The van der Waals surface area contributed by atoms with Gasteiger partial charge in [-0.15, -0.1) is 11.3 Å². The van der Waals surface area contributed by atoms with Crippen LogP contribution in [0.5, 0.6) is 0 Å². The number of nitrogens with one attached hydrogen (secondary N) is 2. The number of rotatable bonds is 8. The monoisotopic (exact) mass is 415 g/mol. The van der Waals surface area contributed by atoms with E-state index in [0.29, 0.717) is 42.2 Å². The molecule has 1 aliphatic heterocycles. The van der Waals surface area contributed by atoms with Crippen molar-refractivity contribution in [1.29, 1.82) is 0 Å². The predicted molar refractivity (Wildman–Crippen MR) is 112 cm³/mol. The van der Waals surface area contributed by atoms with Crippen LogP contribution >= 0.6 is 11.3 Å². The Bertz CT molecular complexity index is 836. The van der Waals surface area contributed by atoms with Crippen LogP contribution in [0.15, 0.2) is 41.8 Å². The van der Waals surface area contributed by atoms with Crippen LogP contribution in [-0.4, -0.2) is 55.5 Å². The lowest BCUT2D eigenvalue weighted by molar-refractivity contribution is -0.124. The van der Waals surface area contributed by atoms with E-state index in [0.717, 1.165) is 12.8 Å². The van der Waals surface area contributed by atoms with Gasteiger partial charge in [0.25, 0.3) is 11.8 Å². The zero-order chi connectivity index (χ0) is 20.6. The summed E-state index contributed by atoms with van der Waals surface area (Å²) in [6.45, 7) is 1.68. The maximum absolute atomic E-state index is 12.9. The number of anilines is 1. The van der Waals surface area contributed by atoms with Crippen molar-refractivity contribution in [2.45, 2.75) is 25.3 Å². The van der Waals surface area contributed by atoms with E-state index >= 15 is 0 Å². The smallest absolute Gasteiger partial charge is 0.265 e. The Hall–Kier alpha value is -2.71. The van der Waals surface area contributed by atoms with Crippen molar-refractivity contribution in [2.24, 2.45) is 0 Å². The number of methoxy groups -OCH3 is 1. The first kappa shape index (κ1) is 21.0. The van der Waals surface area contributed by atoms with Crippen LogP contribution in [0.3, 0.4) is 0 Å². The van der Waals surface area contributed by atoms with Crippen molar-refractivity contribution in [1.82, 2.24) is 10.2 Å². The molecule has 1 saturated heterocycles. The van der Waals surface area contributed by atoms with Crippen LogP contribution in [0.2, 0.25) is 0 Å². The van der Waals surface area contributed by atoms with E-state index in [1.54, 1.807) is 42.3 Å². The number of amides is 3. The fourth-order valence-electron chi connectivity index (χ4n) is 3.29. The van der Waals surface area contributed by atoms with Crippen molar-refractivity contribution < 1.29 is 19.1 Å². The molecule has 0 aliphatic carbocycles. The Morgan fingerprint density at radius 2 is 2.00 bits per heavy atom. The fourth-order valence-corrected chi connectivity index (χ4v) is 3.91. The Kier molecular flexibility index (Phi) is 7.37. The topological polar surface area (TPSA) is 87.7 Å². The molecule has 1 unspecified atom stereocenters. The molecule has 0 spiro atoms. The molecule has 3 rings (SSSR count). The SMILES string of the molecule is COCCCNC(=O)C1CCCN1C(=O)c1ccc(NC(=O)c2cccs2)cc1. The van der Waals surface area contributed by atoms with Crippen molar-refractivity contribution in [2.75, 3.05) is 32.1 Å². The molecule has 0 bridgehead atoms. The van der Waals surface area contributed by atoms with E-state index in [-0.39, 0.29) is 17.7 Å². The summed E-state index contributed by atoms with van der Waals surface area (Å²) in [5, 5.41) is 7.54. The number of hydrogen-bond donors (Lipinski definition) is 2. The van der Waals surface area contributed by atoms with E-state index in [1.807, 2.05) is 11.4 Å². The lowest BCUT2D eigenvalue weighted by Gasteiger charge is -2.24. The predicted octanol–water partition coefficient (Wildman–Crippen LogP) is 2.76. The largest absolute Gasteiger partial charge is 0.385 e. The molecule has 2 heterocycles. The van der Waals surface area contributed by atoms with Crippen LogP contribution < -0.4 is 10.6 Å². The Morgan fingerprint density at radius 1 is 1.21 bits per heavy atom. The van der Waals surface area contributed by atoms with Crippen molar-refractivity contribution in [3.63, 3.8) is 0 Å². The minimum absolute atomic E-state index is 0.119. The van der Waals surface area contributed by atoms with Gasteiger partial charge in [0.15, 0.2) is 0 Å². The van der Waals surface area contributed by atoms with Crippen LogP contribution in [0, 0.1) is 0 Å². The minimum Gasteiger partial charge on any atom is -0.385 e. The van der Waals surface area contributed by atoms with E-state index < -0.39 is 6.04 Å². The number of nitrogens with zero attached hydrogens (tertiary/aromatic N) is 1. The first-order chi connectivity index (χ1) is 14.1. The van der Waals surface area contributed by atoms with Crippen LogP contribution in [0.1, 0.15) is 39.3 Å². The van der Waals surface area contributed by atoms with Crippen LogP contribution in [-0.2, 0) is 9.53 Å². The highest BCUT2D eigenvalue weighted by atomic mass is 32.1. The summed E-state index contributed by atoms with van der Waals surface area (Å²) in [5.41, 5.74) is 1.12. The number of benzene rings is 1. The minimum atomic E-state index is -0.441. The molecule has 154 valence electrons. The molecule has 1 fully saturated rings. The van der Waals surface area contributed by atoms with Gasteiger partial charge in [-0.2, -0.15) is 0 Å². The molecule has 3 amide bonds. The maximum atomic E-state index is 12.9. The van der Waals surface area contributed by atoms with Gasteiger partial charge in [-0.3, -0.25) is 14.4 Å². The quantitative estimate of drug-likeness (QED) is 0.649. The maximum Gasteiger partial charge on any atom is 0.265 e. The molecule has 2 N–H and O–H groups in total. The van der Waals surface area contributed by atoms with Gasteiger partial charge in [-0.05, 0) is 55.0 Å². The second-order valence-electron chi connectivity index (χ2n) is 6.80. The Labute approximate surface area is 174 Å². The van der Waals surface area contributed by atoms with Gasteiger partial charge in [0.2, 0.25) is 5.91 Å². The highest BCUT2D eigenvalue weighted by Crippen LogP contribution is 2.21. The summed E-state index contributed by atoms with van der Waals surface area (Å²) < 4.78 is 4.98. The van der Waals surface area contributed by atoms with E-state index in [1.165, 1.54) is 11.3 Å². The van der Waals surface area contributed by atoms with Crippen LogP contribution in [0.4, 0.5) is 5.69 Å². The highest BCUT2D eigenvalue weighted by molar-refractivity contribution is 7.12. The standard InChI is InChI=1S/C21H25N3O4S/c1-28-13-4-11-22-19(25)17-5-2-12-24(17)21(27)15-7-9-16(10-8-15)23-20(26)18-6-3-14-29-18/h3,6-10,14,17H,2,4-5,11-13H2,1H3,(H,22,25)(H,23,26). The summed E-state index contributed by atoms with van der Waals surface area (Å²) in [4.78, 5) is 39.7. The summed E-state index contributed by atoms with van der Waals surface area (Å²) in [7, 11) is 1.62. The van der Waals surface area contributed by atoms with Crippen molar-refractivity contribution in [3.05, 3.63) is 52.2 Å². The second kappa shape index (κ2) is 10.2. The molecule has 2 aromatic rings. The summed E-state index contributed by atoms with van der Waals surface area (Å²) >= 11 is 1.37. The van der Waals surface area contributed by atoms with Gasteiger partial charge in [0.1, 0.15) is 6.04 Å². The zero-order valence-electron chi connectivity index (χ0n) is 16.3. The molecule has 1 aromatic carbocycles. The highest BCUT2D eigenvalue weighted by Gasteiger charge is 2.34. The molecule has 1 atom stereocenters. The molecule has 8 heteroatoms. The average Bonchev–Trinajstić information content (AvgIpc) is 3.43. The first-order valence-electron chi connectivity index (χ1n) is 9.62. The number of ether oxygens (including phenoxy) is 1. The number of hydrogen-bond acceptors (Lipinski definition) is 5. The van der Waals surface area contributed by atoms with Crippen molar-refractivity contribution >= 4 is 34.7 Å². The zero-order valence-corrected chi connectivity index (χ0v) is 17.2. The number of likely N-dealkylation sites (tertiary alicyclic amines) is 1. The van der Waals surface area contributed by atoms with Gasteiger partial charge in [-0.25, -0.2) is 0 Å². The number of thiophene rings is 1. The molecular formula is C21H25N3O4S. The van der Waals surface area contributed by atoms with E-state index in [2.05, 4.69) is 10.6 Å². The van der Waals surface area contributed by atoms with Gasteiger partial charge < -0.3 is 20.3 Å². The van der Waals surface area contributed by atoms with E-state index in [9.17, 15) is 14.4 Å². The summed E-state index contributed by atoms with van der Waals surface area (Å²) in [5.74, 6) is -0.466. The van der Waals surface area contributed by atoms with Crippen LogP contribution in [0.25, 0.3) is 0 Å². The molecular weight excluding hydrogens is 390 g/mol. The number of carbonyl (C=O) groups is 3. The Balaban J connectivity index is 1.58. The third-order valence-corrected chi connectivity index (χ3v) is 5.64. The summed E-state index contributed by atoms with van der Waals surface area (Å²) in [6, 6.07) is 9.90. The van der Waals surface area contributed by atoms with E-state index in [4.69, 9.17) is 4.74 Å². The lowest BCUT2D eigenvalue weighted by atomic mass is 10.1. The molecule has 1 aliphatic rings. The van der Waals surface area contributed by atoms with Gasteiger partial charge in [0, 0.05) is 38.1 Å². The second-order valence-corrected chi connectivity index (χ2v) is 7.75. The van der Waals surface area contributed by atoms with Gasteiger partial charge in [-0.1, -0.05) is 6.07 Å². The fraction of sp³-hybridized carbons (Fsp3) is 0.381. The summed E-state index contributed by atoms with van der Waals surface area (Å²) in [6.07, 6.45) is 2.20. The Morgan fingerprint density at radius 3 is 2.69 bits per heavy atom. The molecule has 0 saturated carbocycles. The molecule has 1 aromatic heterocycles. The molecule has 29 heavy (non-hydrogen) atoms. The van der Waals surface area contributed by atoms with Gasteiger partial charge in [0.05, 0.1) is 4.88 Å². The average molecular weight is 416 g/mol. The molecule has 7 nitrogen and oxygen atoms in total. The normalized spacial score (nSPS) is 15.9. The third-order valence-electron chi connectivity index (χ3n) is 4.78. The molecule has 0 radical (unpaired) electrons. The lowest BCUT2D eigenvalue weighted by Crippen LogP contribution is -2.46. The first-order valence-corrected chi connectivity index (χ1v) is 10.5. The van der Waals surface area contributed by atoms with Gasteiger partial charge >= 0.3 is 0 Å².